The van der Waals surface area contributed by atoms with Crippen molar-refractivity contribution < 1.29 is 14.9 Å². The molecule has 0 spiro atoms. The molecule has 1 unspecified atom stereocenters. The molecule has 0 aliphatic carbocycles. The maximum absolute atomic E-state index is 8.84. The zero-order valence-electron chi connectivity index (χ0n) is 4.58. The van der Waals surface area contributed by atoms with Crippen LogP contribution in [0.5, 0.6) is 0 Å². The monoisotopic (exact) mass is 118 g/mol. The van der Waals surface area contributed by atoms with Crippen molar-refractivity contribution in [2.75, 3.05) is 6.61 Å². The summed E-state index contributed by atoms with van der Waals surface area (Å²) in [4.78, 5) is 0. The lowest BCUT2D eigenvalue weighted by atomic mass is 10.1. The van der Waals surface area contributed by atoms with Crippen molar-refractivity contribution in [3.8, 4) is 0 Å². The molecule has 1 aliphatic heterocycles. The van der Waals surface area contributed by atoms with E-state index in [1.807, 2.05) is 0 Å². The van der Waals surface area contributed by atoms with Gasteiger partial charge in [0.05, 0.1) is 12.7 Å². The summed E-state index contributed by atoms with van der Waals surface area (Å²) < 4.78 is 4.74. The van der Waals surface area contributed by atoms with E-state index >= 15 is 0 Å². The minimum Gasteiger partial charge on any atom is -0.393 e. The fourth-order valence-electron chi connectivity index (χ4n) is 0.759. The van der Waals surface area contributed by atoms with E-state index in [4.69, 9.17) is 14.9 Å². The molecule has 2 atom stereocenters. The van der Waals surface area contributed by atoms with E-state index in [0.717, 1.165) is 0 Å². The molecule has 1 aliphatic rings. The van der Waals surface area contributed by atoms with Crippen LogP contribution in [0.2, 0.25) is 0 Å². The molecule has 0 aromatic rings. The predicted molar refractivity (Wildman–Crippen MR) is 27.2 cm³/mol. The van der Waals surface area contributed by atoms with Crippen LogP contribution >= 0.6 is 0 Å². The van der Waals surface area contributed by atoms with Crippen molar-refractivity contribution >= 4 is 0 Å². The summed E-state index contributed by atoms with van der Waals surface area (Å²) in [6.07, 6.45) is -0.0886. The summed E-state index contributed by atoms with van der Waals surface area (Å²) in [6, 6.07) is 0. The van der Waals surface area contributed by atoms with Crippen molar-refractivity contribution in [3.05, 3.63) is 0 Å². The van der Waals surface area contributed by atoms with E-state index in [2.05, 4.69) is 0 Å². The average molecular weight is 118 g/mol. The van der Waals surface area contributed by atoms with Gasteiger partial charge < -0.3 is 14.9 Å². The molecule has 0 amide bonds. The largest absolute Gasteiger partial charge is 0.393 e. The van der Waals surface area contributed by atoms with Gasteiger partial charge in [-0.3, -0.25) is 0 Å². The van der Waals surface area contributed by atoms with Gasteiger partial charge in [0.2, 0.25) is 0 Å². The Hall–Kier alpha value is -0.120. The molecule has 1 heterocycles. The average Bonchev–Trinajstić information content (AvgIpc) is 1.64. The molecule has 0 aromatic heterocycles. The Labute approximate surface area is 47.9 Å². The highest BCUT2D eigenvalue weighted by Gasteiger charge is 2.17. The van der Waals surface area contributed by atoms with Gasteiger partial charge in [0.1, 0.15) is 0 Å². The quantitative estimate of drug-likeness (QED) is 0.450. The molecule has 3 heteroatoms. The van der Waals surface area contributed by atoms with Crippen molar-refractivity contribution in [1.82, 2.24) is 0 Å². The first-order valence-corrected chi connectivity index (χ1v) is 2.77. The van der Waals surface area contributed by atoms with Crippen LogP contribution in [0.3, 0.4) is 0 Å². The van der Waals surface area contributed by atoms with Crippen LogP contribution in [0, 0.1) is 0 Å². The molecule has 48 valence electrons. The fraction of sp³-hybridized carbons (Fsp3) is 1.00. The molecule has 0 bridgehead atoms. The van der Waals surface area contributed by atoms with Gasteiger partial charge in [0.25, 0.3) is 0 Å². The van der Waals surface area contributed by atoms with Gasteiger partial charge >= 0.3 is 0 Å². The lowest BCUT2D eigenvalue weighted by Crippen LogP contribution is -2.28. The topological polar surface area (TPSA) is 49.7 Å². The molecule has 2 N–H and O–H groups in total. The standard InChI is InChI=1S/C5H10O3/c6-4-1-2-8-5(7)3-4/h4-7H,1-3H2/t4-,5?/m1/s1. The van der Waals surface area contributed by atoms with E-state index in [9.17, 15) is 0 Å². The number of rotatable bonds is 0. The van der Waals surface area contributed by atoms with Crippen LogP contribution in [0.4, 0.5) is 0 Å². The number of hydrogen-bond acceptors (Lipinski definition) is 3. The number of ether oxygens (including phenoxy) is 1. The fourth-order valence-corrected chi connectivity index (χ4v) is 0.759. The predicted octanol–water partition coefficient (Wildman–Crippen LogP) is -0.524. The summed E-state index contributed by atoms with van der Waals surface area (Å²) >= 11 is 0. The third kappa shape index (κ3) is 1.43. The van der Waals surface area contributed by atoms with Crippen molar-refractivity contribution in [2.24, 2.45) is 0 Å². The lowest BCUT2D eigenvalue weighted by Gasteiger charge is -2.21. The van der Waals surface area contributed by atoms with Crippen LogP contribution in [-0.4, -0.2) is 29.2 Å². The SMILES string of the molecule is OC1C[C@H](O)CCO1. The molecule has 0 radical (unpaired) electrons. The van der Waals surface area contributed by atoms with Crippen LogP contribution in [0.25, 0.3) is 0 Å². The molecular formula is C5H10O3. The second-order valence-corrected chi connectivity index (χ2v) is 2.00. The Bertz CT molecular complexity index is 66.1. The maximum atomic E-state index is 8.84. The molecular weight excluding hydrogens is 108 g/mol. The summed E-state index contributed by atoms with van der Waals surface area (Å²) in [5.74, 6) is 0. The first kappa shape index (κ1) is 6.01. The van der Waals surface area contributed by atoms with Crippen molar-refractivity contribution in [2.45, 2.75) is 25.2 Å². The van der Waals surface area contributed by atoms with Crippen molar-refractivity contribution in [3.63, 3.8) is 0 Å². The van der Waals surface area contributed by atoms with Crippen LogP contribution in [0.1, 0.15) is 12.8 Å². The smallest absolute Gasteiger partial charge is 0.156 e. The number of hydrogen-bond donors (Lipinski definition) is 2. The normalized spacial score (nSPS) is 39.8. The minimum atomic E-state index is -0.737. The third-order valence-corrected chi connectivity index (χ3v) is 1.24. The Morgan fingerprint density at radius 1 is 1.38 bits per heavy atom. The van der Waals surface area contributed by atoms with E-state index in [-0.39, 0.29) is 6.10 Å². The highest BCUT2D eigenvalue weighted by molar-refractivity contribution is 4.61. The number of aliphatic hydroxyl groups excluding tert-OH is 2. The van der Waals surface area contributed by atoms with Crippen LogP contribution in [0.15, 0.2) is 0 Å². The zero-order valence-corrected chi connectivity index (χ0v) is 4.58. The van der Waals surface area contributed by atoms with Gasteiger partial charge in [-0.25, -0.2) is 0 Å². The van der Waals surface area contributed by atoms with E-state index in [1.165, 1.54) is 0 Å². The van der Waals surface area contributed by atoms with Gasteiger partial charge in [0, 0.05) is 6.42 Å². The summed E-state index contributed by atoms with van der Waals surface area (Å²) in [6.45, 7) is 0.475. The van der Waals surface area contributed by atoms with Gasteiger partial charge in [-0.2, -0.15) is 0 Å². The van der Waals surface area contributed by atoms with Crippen molar-refractivity contribution in [1.29, 1.82) is 0 Å². The van der Waals surface area contributed by atoms with Gasteiger partial charge in [-0.15, -0.1) is 0 Å². The Balaban J connectivity index is 2.23. The van der Waals surface area contributed by atoms with Crippen LogP contribution < -0.4 is 0 Å². The molecule has 0 saturated carbocycles. The Kier molecular flexibility index (Phi) is 1.83. The highest BCUT2D eigenvalue weighted by atomic mass is 16.6. The lowest BCUT2D eigenvalue weighted by molar-refractivity contribution is -0.152. The molecule has 1 fully saturated rings. The first-order chi connectivity index (χ1) is 3.79. The minimum absolute atomic E-state index is 0.361. The van der Waals surface area contributed by atoms with E-state index < -0.39 is 6.29 Å². The van der Waals surface area contributed by atoms with Crippen LogP contribution in [-0.2, 0) is 4.74 Å². The Morgan fingerprint density at radius 2 is 2.12 bits per heavy atom. The van der Waals surface area contributed by atoms with Gasteiger partial charge in [0.15, 0.2) is 6.29 Å². The molecule has 0 aromatic carbocycles. The number of aliphatic hydroxyl groups is 2. The van der Waals surface area contributed by atoms with Gasteiger partial charge in [-0.1, -0.05) is 0 Å². The maximum Gasteiger partial charge on any atom is 0.156 e. The Morgan fingerprint density at radius 3 is 2.50 bits per heavy atom. The second-order valence-electron chi connectivity index (χ2n) is 2.00. The molecule has 8 heavy (non-hydrogen) atoms. The summed E-state index contributed by atoms with van der Waals surface area (Å²) in [7, 11) is 0. The zero-order chi connectivity index (χ0) is 5.98. The first-order valence-electron chi connectivity index (χ1n) is 2.77. The second kappa shape index (κ2) is 2.44. The molecule has 1 rings (SSSR count). The molecule has 1 saturated heterocycles. The summed E-state index contributed by atoms with van der Waals surface area (Å²) in [5, 5.41) is 17.5. The summed E-state index contributed by atoms with van der Waals surface area (Å²) in [5.41, 5.74) is 0. The van der Waals surface area contributed by atoms with Gasteiger partial charge in [-0.05, 0) is 6.42 Å². The highest BCUT2D eigenvalue weighted by Crippen LogP contribution is 2.10. The van der Waals surface area contributed by atoms with E-state index in [1.54, 1.807) is 0 Å². The third-order valence-electron chi connectivity index (χ3n) is 1.24. The van der Waals surface area contributed by atoms with E-state index in [0.29, 0.717) is 19.4 Å². The molecule has 3 nitrogen and oxygen atoms in total.